The molecule has 3 rings (SSSR count). The summed E-state index contributed by atoms with van der Waals surface area (Å²) in [6.07, 6.45) is 1.99. The molecular formula is C16H18N2O3. The molecule has 2 aromatic rings. The van der Waals surface area contributed by atoms with Crippen LogP contribution in [0, 0.1) is 0 Å². The quantitative estimate of drug-likeness (QED) is 0.881. The van der Waals surface area contributed by atoms with Gasteiger partial charge in [0, 0.05) is 0 Å². The summed E-state index contributed by atoms with van der Waals surface area (Å²) in [5.41, 5.74) is 2.71. The Balaban J connectivity index is 1.86. The van der Waals surface area contributed by atoms with Crippen LogP contribution in [0.15, 0.2) is 30.5 Å². The Morgan fingerprint density at radius 3 is 3.05 bits per heavy atom. The minimum absolute atomic E-state index is 0.157. The number of aromatic nitrogens is 2. The van der Waals surface area contributed by atoms with Crippen LogP contribution in [0.1, 0.15) is 47.4 Å². The molecule has 1 aliphatic heterocycles. The van der Waals surface area contributed by atoms with Gasteiger partial charge >= 0.3 is 5.97 Å². The summed E-state index contributed by atoms with van der Waals surface area (Å²) in [6.45, 7) is 4.28. The number of benzene rings is 1. The number of esters is 1. The summed E-state index contributed by atoms with van der Waals surface area (Å²) < 4.78 is 11.0. The molecule has 1 N–H and O–H groups in total. The summed E-state index contributed by atoms with van der Waals surface area (Å²) in [5.74, 6) is 0.241. The molecule has 0 spiro atoms. The molecule has 1 aliphatic rings. The van der Waals surface area contributed by atoms with Gasteiger partial charge in [-0.25, -0.2) is 9.78 Å². The van der Waals surface area contributed by atoms with E-state index >= 15 is 0 Å². The third-order valence-electron chi connectivity index (χ3n) is 3.40. The molecule has 1 atom stereocenters. The Labute approximate surface area is 123 Å². The van der Waals surface area contributed by atoms with E-state index in [1.807, 2.05) is 32.0 Å². The number of aromatic amines is 1. The molecule has 0 fully saturated rings. The van der Waals surface area contributed by atoms with Crippen LogP contribution in [-0.2, 0) is 15.9 Å². The topological polar surface area (TPSA) is 64.2 Å². The third kappa shape index (κ3) is 2.83. The lowest BCUT2D eigenvalue weighted by Gasteiger charge is -2.24. The minimum atomic E-state index is -0.396. The molecule has 2 heterocycles. The summed E-state index contributed by atoms with van der Waals surface area (Å²) in [7, 11) is 0. The first-order valence-corrected chi connectivity index (χ1v) is 7.10. The van der Waals surface area contributed by atoms with Crippen molar-refractivity contribution in [2.45, 2.75) is 32.5 Å². The molecule has 1 aromatic heterocycles. The summed E-state index contributed by atoms with van der Waals surface area (Å²) in [5, 5.41) is 0. The summed E-state index contributed by atoms with van der Waals surface area (Å²) >= 11 is 0. The van der Waals surface area contributed by atoms with E-state index in [0.29, 0.717) is 18.1 Å². The van der Waals surface area contributed by atoms with Crippen molar-refractivity contribution in [1.29, 1.82) is 0 Å². The second-order valence-corrected chi connectivity index (χ2v) is 5.34. The average Bonchev–Trinajstić information content (AvgIpc) is 2.95. The number of fused-ring (bicyclic) bond motifs is 1. The first kappa shape index (κ1) is 13.8. The zero-order chi connectivity index (χ0) is 14.8. The number of rotatable bonds is 3. The minimum Gasteiger partial charge on any atom is -0.458 e. The number of nitrogens with zero attached hydrogens (tertiary/aromatic N) is 1. The average molecular weight is 286 g/mol. The van der Waals surface area contributed by atoms with E-state index in [2.05, 4.69) is 16.0 Å². The Kier molecular flexibility index (Phi) is 3.75. The first-order valence-electron chi connectivity index (χ1n) is 7.10. The molecule has 21 heavy (non-hydrogen) atoms. The van der Waals surface area contributed by atoms with Crippen LogP contribution in [0.2, 0.25) is 0 Å². The van der Waals surface area contributed by atoms with E-state index in [4.69, 9.17) is 9.47 Å². The maximum atomic E-state index is 11.9. The van der Waals surface area contributed by atoms with E-state index in [0.717, 1.165) is 12.0 Å². The fourth-order valence-electron chi connectivity index (χ4n) is 2.47. The molecule has 1 aromatic carbocycles. The van der Waals surface area contributed by atoms with Crippen LogP contribution in [0.25, 0.3) is 0 Å². The lowest BCUT2D eigenvalue weighted by atomic mass is 9.97. The lowest BCUT2D eigenvalue weighted by Crippen LogP contribution is -2.18. The van der Waals surface area contributed by atoms with E-state index in [9.17, 15) is 4.79 Å². The molecule has 0 saturated heterocycles. The number of nitrogens with one attached hydrogen (secondary N) is 1. The number of carbonyl (C=O) groups is 1. The van der Waals surface area contributed by atoms with Crippen LogP contribution in [0.3, 0.4) is 0 Å². The predicted molar refractivity (Wildman–Crippen MR) is 77.1 cm³/mol. The van der Waals surface area contributed by atoms with Crippen LogP contribution in [0.4, 0.5) is 0 Å². The third-order valence-corrected chi connectivity index (χ3v) is 3.40. The Bertz CT molecular complexity index is 648. The van der Waals surface area contributed by atoms with Crippen molar-refractivity contribution in [2.24, 2.45) is 0 Å². The highest BCUT2D eigenvalue weighted by Gasteiger charge is 2.25. The van der Waals surface area contributed by atoms with Gasteiger partial charge in [0.2, 0.25) is 0 Å². The second kappa shape index (κ2) is 5.69. The highest BCUT2D eigenvalue weighted by molar-refractivity contribution is 5.87. The SMILES string of the molecule is CC(C)OC(=O)c1cnc(C2OCCc3ccccc32)[nH]1. The monoisotopic (exact) mass is 286 g/mol. The molecule has 5 heteroatoms. The van der Waals surface area contributed by atoms with Gasteiger partial charge in [0.25, 0.3) is 0 Å². The van der Waals surface area contributed by atoms with Gasteiger partial charge < -0.3 is 14.5 Å². The highest BCUT2D eigenvalue weighted by atomic mass is 16.5. The molecular weight excluding hydrogens is 268 g/mol. The van der Waals surface area contributed by atoms with Gasteiger partial charge in [-0.1, -0.05) is 24.3 Å². The molecule has 1 unspecified atom stereocenters. The van der Waals surface area contributed by atoms with Gasteiger partial charge in [-0.05, 0) is 31.4 Å². The second-order valence-electron chi connectivity index (χ2n) is 5.34. The van der Waals surface area contributed by atoms with Gasteiger partial charge in [-0.2, -0.15) is 0 Å². The van der Waals surface area contributed by atoms with Gasteiger partial charge in [-0.15, -0.1) is 0 Å². The Morgan fingerprint density at radius 2 is 2.24 bits per heavy atom. The number of hydrogen-bond acceptors (Lipinski definition) is 4. The van der Waals surface area contributed by atoms with Crippen LogP contribution in [0.5, 0.6) is 0 Å². The number of carbonyl (C=O) groups excluding carboxylic acids is 1. The van der Waals surface area contributed by atoms with Gasteiger partial charge in [0.05, 0.1) is 18.9 Å². The standard InChI is InChI=1S/C16H18N2O3/c1-10(2)21-16(19)13-9-17-15(18-13)14-12-6-4-3-5-11(12)7-8-20-14/h3-6,9-10,14H,7-8H2,1-2H3,(H,17,18). The molecule has 0 bridgehead atoms. The van der Waals surface area contributed by atoms with Crippen LogP contribution in [-0.4, -0.2) is 28.6 Å². The number of ether oxygens (including phenoxy) is 2. The van der Waals surface area contributed by atoms with Crippen molar-refractivity contribution >= 4 is 5.97 Å². The maximum Gasteiger partial charge on any atom is 0.356 e. The molecule has 5 nitrogen and oxygen atoms in total. The van der Waals surface area contributed by atoms with E-state index < -0.39 is 5.97 Å². The number of imidazole rings is 1. The van der Waals surface area contributed by atoms with E-state index in [-0.39, 0.29) is 12.2 Å². The summed E-state index contributed by atoms with van der Waals surface area (Å²) in [4.78, 5) is 19.2. The zero-order valence-electron chi connectivity index (χ0n) is 12.1. The van der Waals surface area contributed by atoms with Gasteiger partial charge in [0.15, 0.2) is 0 Å². The highest BCUT2D eigenvalue weighted by Crippen LogP contribution is 2.30. The molecule has 0 saturated carbocycles. The molecule has 0 aliphatic carbocycles. The van der Waals surface area contributed by atoms with Crippen molar-refractivity contribution < 1.29 is 14.3 Å². The van der Waals surface area contributed by atoms with Crippen molar-refractivity contribution in [3.63, 3.8) is 0 Å². The summed E-state index contributed by atoms with van der Waals surface area (Å²) in [6, 6.07) is 8.14. The molecule has 110 valence electrons. The zero-order valence-corrected chi connectivity index (χ0v) is 12.1. The van der Waals surface area contributed by atoms with E-state index in [1.165, 1.54) is 11.8 Å². The largest absolute Gasteiger partial charge is 0.458 e. The van der Waals surface area contributed by atoms with Crippen molar-refractivity contribution in [3.05, 3.63) is 53.1 Å². The predicted octanol–water partition coefficient (Wildman–Crippen LogP) is 2.64. The first-order chi connectivity index (χ1) is 10.1. The number of hydrogen-bond donors (Lipinski definition) is 1. The Morgan fingerprint density at radius 1 is 1.43 bits per heavy atom. The maximum absolute atomic E-state index is 11.9. The fraction of sp³-hybridized carbons (Fsp3) is 0.375. The molecule has 0 amide bonds. The van der Waals surface area contributed by atoms with Gasteiger partial charge in [-0.3, -0.25) is 0 Å². The normalized spacial score (nSPS) is 17.6. The Hall–Kier alpha value is -2.14. The lowest BCUT2D eigenvalue weighted by molar-refractivity contribution is 0.0369. The van der Waals surface area contributed by atoms with Crippen molar-refractivity contribution in [2.75, 3.05) is 6.61 Å². The van der Waals surface area contributed by atoms with Gasteiger partial charge in [0.1, 0.15) is 17.6 Å². The van der Waals surface area contributed by atoms with Crippen LogP contribution >= 0.6 is 0 Å². The van der Waals surface area contributed by atoms with E-state index in [1.54, 1.807) is 0 Å². The number of H-pyrrole nitrogens is 1. The van der Waals surface area contributed by atoms with Crippen molar-refractivity contribution in [3.8, 4) is 0 Å². The van der Waals surface area contributed by atoms with Crippen molar-refractivity contribution in [1.82, 2.24) is 9.97 Å². The van der Waals surface area contributed by atoms with Crippen LogP contribution < -0.4 is 0 Å². The fourth-order valence-corrected chi connectivity index (χ4v) is 2.47. The smallest absolute Gasteiger partial charge is 0.356 e. The molecule has 0 radical (unpaired) electrons.